The van der Waals surface area contributed by atoms with E-state index in [-0.39, 0.29) is 0 Å². The maximum atomic E-state index is 5.34. The second kappa shape index (κ2) is 8.58. The quantitative estimate of drug-likeness (QED) is 0.722. The van der Waals surface area contributed by atoms with Crippen molar-refractivity contribution in [2.24, 2.45) is 0 Å². The fourth-order valence-corrected chi connectivity index (χ4v) is 2.57. The second-order valence-electron chi connectivity index (χ2n) is 5.62. The molecule has 0 atom stereocenters. The highest BCUT2D eigenvalue weighted by Crippen LogP contribution is 2.27. The highest BCUT2D eigenvalue weighted by atomic mass is 16.5. The van der Waals surface area contributed by atoms with Crippen LogP contribution >= 0.6 is 0 Å². The average Bonchev–Trinajstić information content (AvgIpc) is 2.91. The molecule has 1 N–H and O–H groups in total. The fraction of sp³-hybridized carbons (Fsp3) is 0.500. The molecular formula is C18H27N3O2. The number of ether oxygens (including phenoxy) is 2. The van der Waals surface area contributed by atoms with Gasteiger partial charge in [-0.05, 0) is 44.0 Å². The smallest absolute Gasteiger partial charge is 0.160 e. The van der Waals surface area contributed by atoms with Crippen molar-refractivity contribution in [2.75, 3.05) is 20.8 Å². The van der Waals surface area contributed by atoms with Crippen LogP contribution in [0.25, 0.3) is 0 Å². The zero-order valence-electron chi connectivity index (χ0n) is 14.6. The van der Waals surface area contributed by atoms with Gasteiger partial charge in [0.05, 0.1) is 19.9 Å². The second-order valence-corrected chi connectivity index (χ2v) is 5.62. The van der Waals surface area contributed by atoms with E-state index in [2.05, 4.69) is 36.5 Å². The molecule has 5 heteroatoms. The number of benzene rings is 1. The maximum absolute atomic E-state index is 5.34. The van der Waals surface area contributed by atoms with Crippen LogP contribution in [0.5, 0.6) is 11.5 Å². The molecule has 5 nitrogen and oxygen atoms in total. The summed E-state index contributed by atoms with van der Waals surface area (Å²) >= 11 is 0. The van der Waals surface area contributed by atoms with Gasteiger partial charge in [0.1, 0.15) is 0 Å². The first kappa shape index (κ1) is 17.3. The summed E-state index contributed by atoms with van der Waals surface area (Å²) in [4.78, 5) is 0. The van der Waals surface area contributed by atoms with Crippen molar-refractivity contribution < 1.29 is 9.47 Å². The first-order valence-electron chi connectivity index (χ1n) is 8.12. The van der Waals surface area contributed by atoms with Crippen LogP contribution in [0, 0.1) is 6.92 Å². The molecule has 23 heavy (non-hydrogen) atoms. The van der Waals surface area contributed by atoms with Crippen molar-refractivity contribution in [3.05, 3.63) is 41.2 Å². The Morgan fingerprint density at radius 1 is 1.17 bits per heavy atom. The molecule has 0 saturated carbocycles. The highest BCUT2D eigenvalue weighted by Gasteiger charge is 2.06. The molecule has 1 heterocycles. The molecule has 0 aliphatic carbocycles. The molecule has 0 bridgehead atoms. The lowest BCUT2D eigenvalue weighted by Crippen LogP contribution is -2.17. The summed E-state index contributed by atoms with van der Waals surface area (Å²) in [6, 6.07) is 6.06. The van der Waals surface area contributed by atoms with Crippen LogP contribution in [-0.4, -0.2) is 30.5 Å². The van der Waals surface area contributed by atoms with Crippen LogP contribution in [0.15, 0.2) is 24.4 Å². The summed E-state index contributed by atoms with van der Waals surface area (Å²) in [6.45, 7) is 6.97. The first-order valence-corrected chi connectivity index (χ1v) is 8.12. The van der Waals surface area contributed by atoms with E-state index in [1.165, 1.54) is 11.1 Å². The minimum Gasteiger partial charge on any atom is -0.493 e. The Balaban J connectivity index is 1.83. The van der Waals surface area contributed by atoms with Gasteiger partial charge in [0.2, 0.25) is 0 Å². The summed E-state index contributed by atoms with van der Waals surface area (Å²) in [7, 11) is 3.32. The largest absolute Gasteiger partial charge is 0.493 e. The van der Waals surface area contributed by atoms with Crippen LogP contribution in [0.1, 0.15) is 30.2 Å². The van der Waals surface area contributed by atoms with Gasteiger partial charge in [-0.2, -0.15) is 5.10 Å². The van der Waals surface area contributed by atoms with E-state index in [0.29, 0.717) is 0 Å². The minimum absolute atomic E-state index is 0.767. The summed E-state index contributed by atoms with van der Waals surface area (Å²) in [5.41, 5.74) is 3.61. The average molecular weight is 317 g/mol. The zero-order valence-corrected chi connectivity index (χ0v) is 14.6. The molecule has 2 aromatic rings. The normalized spacial score (nSPS) is 10.8. The first-order chi connectivity index (χ1) is 11.2. The third-order valence-corrected chi connectivity index (χ3v) is 3.85. The third kappa shape index (κ3) is 4.73. The van der Waals surface area contributed by atoms with Gasteiger partial charge in [-0.25, -0.2) is 0 Å². The van der Waals surface area contributed by atoms with Gasteiger partial charge < -0.3 is 14.8 Å². The Labute approximate surface area is 138 Å². The Bertz CT molecular complexity index is 623. The van der Waals surface area contributed by atoms with Crippen molar-refractivity contribution in [3.8, 4) is 11.5 Å². The summed E-state index contributed by atoms with van der Waals surface area (Å²) in [6.07, 6.45) is 4.19. The van der Waals surface area contributed by atoms with Gasteiger partial charge in [0, 0.05) is 24.8 Å². The van der Waals surface area contributed by atoms with Crippen LogP contribution in [0.2, 0.25) is 0 Å². The Hall–Kier alpha value is -2.01. The van der Waals surface area contributed by atoms with Gasteiger partial charge in [-0.1, -0.05) is 13.0 Å². The summed E-state index contributed by atoms with van der Waals surface area (Å²) < 4.78 is 12.6. The number of hydrogen-bond acceptors (Lipinski definition) is 4. The predicted molar refractivity (Wildman–Crippen MR) is 92.2 cm³/mol. The molecule has 2 rings (SSSR count). The maximum Gasteiger partial charge on any atom is 0.160 e. The minimum atomic E-state index is 0.767. The van der Waals surface area contributed by atoms with Crippen LogP contribution in [-0.2, 0) is 19.5 Å². The number of nitrogens with one attached hydrogen (secondary N) is 1. The molecular weight excluding hydrogens is 290 g/mol. The standard InChI is InChI=1S/C18H27N3O2/c1-5-10-21-13-16(14(2)20-21)12-19-9-8-15-6-7-17(22-3)18(11-15)23-4/h6-7,11,13,19H,5,8-10,12H2,1-4H3. The summed E-state index contributed by atoms with van der Waals surface area (Å²) in [5.74, 6) is 1.55. The molecule has 0 unspecified atom stereocenters. The molecule has 0 spiro atoms. The van der Waals surface area contributed by atoms with Crippen LogP contribution in [0.3, 0.4) is 0 Å². The van der Waals surface area contributed by atoms with Crippen LogP contribution in [0.4, 0.5) is 0 Å². The van der Waals surface area contributed by atoms with Gasteiger partial charge in [-0.3, -0.25) is 4.68 Å². The van der Waals surface area contributed by atoms with Crippen LogP contribution < -0.4 is 14.8 Å². The van der Waals surface area contributed by atoms with E-state index in [4.69, 9.17) is 9.47 Å². The predicted octanol–water partition coefficient (Wildman–Crippen LogP) is 2.95. The zero-order chi connectivity index (χ0) is 16.7. The molecule has 0 aliphatic rings. The molecule has 0 amide bonds. The third-order valence-electron chi connectivity index (χ3n) is 3.85. The SMILES string of the molecule is CCCn1cc(CNCCc2ccc(OC)c(OC)c2)c(C)n1. The van der Waals surface area contributed by atoms with Gasteiger partial charge in [0.15, 0.2) is 11.5 Å². The van der Waals surface area contributed by atoms with Crippen molar-refractivity contribution in [2.45, 2.75) is 39.8 Å². The number of aromatic nitrogens is 2. The number of nitrogens with zero attached hydrogens (tertiary/aromatic N) is 2. The number of aryl methyl sites for hydroxylation is 2. The lowest BCUT2D eigenvalue weighted by Gasteiger charge is -2.10. The van der Waals surface area contributed by atoms with Gasteiger partial charge in [0.25, 0.3) is 0 Å². The van der Waals surface area contributed by atoms with E-state index in [1.807, 2.05) is 16.8 Å². The number of methoxy groups -OCH3 is 2. The monoisotopic (exact) mass is 317 g/mol. The summed E-state index contributed by atoms with van der Waals surface area (Å²) in [5, 5.41) is 8.01. The van der Waals surface area contributed by atoms with Gasteiger partial charge >= 0.3 is 0 Å². The van der Waals surface area contributed by atoms with Gasteiger partial charge in [-0.15, -0.1) is 0 Å². The van der Waals surface area contributed by atoms with E-state index >= 15 is 0 Å². The number of rotatable bonds is 9. The molecule has 1 aromatic carbocycles. The number of hydrogen-bond donors (Lipinski definition) is 1. The Morgan fingerprint density at radius 2 is 1.96 bits per heavy atom. The Morgan fingerprint density at radius 3 is 2.65 bits per heavy atom. The van der Waals surface area contributed by atoms with E-state index in [9.17, 15) is 0 Å². The van der Waals surface area contributed by atoms with E-state index in [1.54, 1.807) is 14.2 Å². The van der Waals surface area contributed by atoms with Crippen molar-refractivity contribution in [3.63, 3.8) is 0 Å². The fourth-order valence-electron chi connectivity index (χ4n) is 2.57. The highest BCUT2D eigenvalue weighted by molar-refractivity contribution is 5.42. The molecule has 126 valence electrons. The van der Waals surface area contributed by atoms with Crippen molar-refractivity contribution in [1.82, 2.24) is 15.1 Å². The lowest BCUT2D eigenvalue weighted by molar-refractivity contribution is 0.354. The lowest BCUT2D eigenvalue weighted by atomic mass is 10.1. The van der Waals surface area contributed by atoms with Crippen molar-refractivity contribution in [1.29, 1.82) is 0 Å². The van der Waals surface area contributed by atoms with E-state index in [0.717, 1.165) is 49.7 Å². The molecule has 0 radical (unpaired) electrons. The van der Waals surface area contributed by atoms with Crippen molar-refractivity contribution >= 4 is 0 Å². The topological polar surface area (TPSA) is 48.3 Å². The Kier molecular flexibility index (Phi) is 6.47. The molecule has 1 aromatic heterocycles. The van der Waals surface area contributed by atoms with E-state index < -0.39 is 0 Å². The molecule has 0 aliphatic heterocycles. The molecule has 0 saturated heterocycles. The molecule has 0 fully saturated rings.